The van der Waals surface area contributed by atoms with Gasteiger partial charge in [0.25, 0.3) is 0 Å². The van der Waals surface area contributed by atoms with Gasteiger partial charge in [-0.25, -0.2) is 9.37 Å². The highest BCUT2D eigenvalue weighted by atomic mass is 35.5. The second-order valence-electron chi connectivity index (χ2n) is 9.49. The lowest BCUT2D eigenvalue weighted by molar-refractivity contribution is 0.0968. The van der Waals surface area contributed by atoms with E-state index in [-0.39, 0.29) is 16.7 Å². The minimum atomic E-state index is -0.804. The first-order chi connectivity index (χ1) is 17.8. The zero-order valence-electron chi connectivity index (χ0n) is 20.6. The molecular formula is C28H27ClFN5O2. The largest absolute Gasteiger partial charge is 0.504 e. The summed E-state index contributed by atoms with van der Waals surface area (Å²) in [6.07, 6.45) is 5.08. The number of phenolic OH excluding ortho intramolecular Hbond substituents is 1. The number of carbonyl (C=O) groups is 1. The number of hydrogen-bond donors (Lipinski definition) is 3. The fourth-order valence-electron chi connectivity index (χ4n) is 4.12. The topological polar surface area (TPSA) is 90.4 Å². The maximum Gasteiger partial charge on any atom is 0.170 e. The molecule has 2 heterocycles. The Morgan fingerprint density at radius 3 is 2.59 bits per heavy atom. The van der Waals surface area contributed by atoms with Gasteiger partial charge in [0.2, 0.25) is 0 Å². The molecule has 0 atom stereocenters. The third-order valence-corrected chi connectivity index (χ3v) is 6.62. The van der Waals surface area contributed by atoms with Crippen LogP contribution in [0.4, 0.5) is 21.6 Å². The van der Waals surface area contributed by atoms with Gasteiger partial charge < -0.3 is 20.6 Å². The monoisotopic (exact) mass is 519 g/mol. The van der Waals surface area contributed by atoms with Crippen LogP contribution in [0, 0.1) is 11.7 Å². The molecule has 1 aliphatic carbocycles. The number of halogens is 2. The maximum atomic E-state index is 14.2. The minimum Gasteiger partial charge on any atom is -0.504 e. The molecule has 4 aromatic rings. The number of phenols is 1. The SMILES string of the molecule is CN(C)CCNc1ccc(Nc2c(C(=O)C3CC3)cnc3ccc(-c4cc(F)c(O)c(Cl)c4)cc23)cn1. The summed E-state index contributed by atoms with van der Waals surface area (Å²) in [6.45, 7) is 1.66. The van der Waals surface area contributed by atoms with Crippen LogP contribution >= 0.6 is 11.6 Å². The van der Waals surface area contributed by atoms with Crippen LogP contribution in [0.3, 0.4) is 0 Å². The number of aromatic hydroxyl groups is 1. The molecule has 2 aromatic carbocycles. The Bertz CT molecular complexity index is 1450. The van der Waals surface area contributed by atoms with Gasteiger partial charge in [0, 0.05) is 30.6 Å². The van der Waals surface area contributed by atoms with Crippen molar-refractivity contribution in [2.45, 2.75) is 12.8 Å². The van der Waals surface area contributed by atoms with Gasteiger partial charge in [-0.2, -0.15) is 0 Å². The molecule has 1 fully saturated rings. The van der Waals surface area contributed by atoms with Gasteiger partial charge in [0.15, 0.2) is 17.3 Å². The number of aromatic nitrogens is 2. The molecule has 0 bridgehead atoms. The fourth-order valence-corrected chi connectivity index (χ4v) is 4.32. The Labute approximate surface area is 219 Å². The van der Waals surface area contributed by atoms with Crippen molar-refractivity contribution in [1.82, 2.24) is 14.9 Å². The first-order valence-electron chi connectivity index (χ1n) is 12.1. The fraction of sp³-hybridized carbons (Fsp3) is 0.250. The van der Waals surface area contributed by atoms with Gasteiger partial charge in [-0.15, -0.1) is 0 Å². The number of fused-ring (bicyclic) bond motifs is 1. The molecule has 5 rings (SSSR count). The standard InChI is InChI=1S/C28H27ClFN5O2/c1-35(2)10-9-31-25-8-6-19(14-33-25)34-26-20-11-17(18-12-22(29)28(37)23(30)13-18)5-7-24(20)32-15-21(26)27(36)16-3-4-16/h5-8,11-16,37H,3-4,9-10H2,1-2H3,(H,31,33)(H,32,34). The zero-order valence-corrected chi connectivity index (χ0v) is 21.3. The first kappa shape index (κ1) is 24.9. The Balaban J connectivity index is 1.54. The molecule has 3 N–H and O–H groups in total. The highest BCUT2D eigenvalue weighted by Gasteiger charge is 2.32. The van der Waals surface area contributed by atoms with Gasteiger partial charge in [-0.3, -0.25) is 9.78 Å². The van der Waals surface area contributed by atoms with Crippen LogP contribution in [-0.2, 0) is 0 Å². The predicted molar refractivity (Wildman–Crippen MR) is 145 cm³/mol. The molecule has 0 radical (unpaired) electrons. The normalized spacial score (nSPS) is 13.2. The molecule has 0 unspecified atom stereocenters. The molecule has 37 heavy (non-hydrogen) atoms. The highest BCUT2D eigenvalue weighted by molar-refractivity contribution is 6.32. The maximum absolute atomic E-state index is 14.2. The minimum absolute atomic E-state index is 0.00869. The summed E-state index contributed by atoms with van der Waals surface area (Å²) in [5.41, 5.74) is 3.72. The summed E-state index contributed by atoms with van der Waals surface area (Å²) in [6, 6.07) is 12.0. The quantitative estimate of drug-likeness (QED) is 0.230. The number of pyridine rings is 2. The van der Waals surface area contributed by atoms with Gasteiger partial charge in [-0.1, -0.05) is 17.7 Å². The molecule has 0 amide bonds. The van der Waals surface area contributed by atoms with Crippen LogP contribution in [0.25, 0.3) is 22.0 Å². The summed E-state index contributed by atoms with van der Waals surface area (Å²) < 4.78 is 14.2. The van der Waals surface area contributed by atoms with E-state index in [1.165, 1.54) is 12.1 Å². The lowest BCUT2D eigenvalue weighted by Gasteiger charge is -2.16. The van der Waals surface area contributed by atoms with Gasteiger partial charge in [0.05, 0.1) is 33.7 Å². The molecule has 1 aliphatic rings. The molecule has 0 aliphatic heterocycles. The van der Waals surface area contributed by atoms with Crippen molar-refractivity contribution in [3.05, 3.63) is 71.3 Å². The molecule has 190 valence electrons. The Hall–Kier alpha value is -3.75. The number of benzene rings is 2. The number of likely N-dealkylation sites (N-methyl/N-ethyl adjacent to an activating group) is 1. The van der Waals surface area contributed by atoms with E-state index >= 15 is 0 Å². The summed E-state index contributed by atoms with van der Waals surface area (Å²) in [5.74, 6) is -0.568. The van der Waals surface area contributed by atoms with Crippen LogP contribution in [0.5, 0.6) is 5.75 Å². The number of Topliss-reactive ketones (excluding diaryl/α,β-unsaturated/α-hetero) is 1. The van der Waals surface area contributed by atoms with E-state index in [9.17, 15) is 14.3 Å². The van der Waals surface area contributed by atoms with Crippen molar-refractivity contribution in [2.24, 2.45) is 5.92 Å². The first-order valence-corrected chi connectivity index (χ1v) is 12.4. The number of ketones is 1. The summed E-state index contributed by atoms with van der Waals surface area (Å²) in [7, 11) is 4.03. The third-order valence-electron chi connectivity index (χ3n) is 6.33. The van der Waals surface area contributed by atoms with Gasteiger partial charge in [0.1, 0.15) is 5.82 Å². The van der Waals surface area contributed by atoms with Crippen molar-refractivity contribution in [1.29, 1.82) is 0 Å². The van der Waals surface area contributed by atoms with Crippen molar-refractivity contribution in [3.8, 4) is 16.9 Å². The average Bonchev–Trinajstić information content (AvgIpc) is 3.73. The van der Waals surface area contributed by atoms with Crippen molar-refractivity contribution >= 4 is 45.5 Å². The smallest absolute Gasteiger partial charge is 0.170 e. The van der Waals surface area contributed by atoms with Crippen molar-refractivity contribution in [3.63, 3.8) is 0 Å². The van der Waals surface area contributed by atoms with E-state index in [0.717, 1.165) is 37.4 Å². The molecule has 1 saturated carbocycles. The van der Waals surface area contributed by atoms with Crippen LogP contribution in [0.15, 0.2) is 54.9 Å². The summed E-state index contributed by atoms with van der Waals surface area (Å²) in [4.78, 5) is 24.3. The second kappa shape index (κ2) is 10.3. The number of anilines is 3. The van der Waals surface area contributed by atoms with Crippen LogP contribution in [0.2, 0.25) is 5.02 Å². The van der Waals surface area contributed by atoms with Gasteiger partial charge in [-0.05, 0) is 74.5 Å². The Morgan fingerprint density at radius 1 is 1.11 bits per heavy atom. The van der Waals surface area contributed by atoms with E-state index in [4.69, 9.17) is 11.6 Å². The summed E-state index contributed by atoms with van der Waals surface area (Å²) in [5, 5.41) is 17.0. The van der Waals surface area contributed by atoms with E-state index in [2.05, 4.69) is 25.5 Å². The van der Waals surface area contributed by atoms with E-state index in [1.807, 2.05) is 38.4 Å². The molecule has 0 spiro atoms. The highest BCUT2D eigenvalue weighted by Crippen LogP contribution is 2.39. The average molecular weight is 520 g/mol. The number of carbonyl (C=O) groups excluding carboxylic acids is 1. The molecular weight excluding hydrogens is 493 g/mol. The van der Waals surface area contributed by atoms with Crippen LogP contribution in [-0.4, -0.2) is 52.9 Å². The number of nitrogens with one attached hydrogen (secondary N) is 2. The molecule has 2 aromatic heterocycles. The molecule has 0 saturated heterocycles. The van der Waals surface area contributed by atoms with E-state index in [1.54, 1.807) is 18.5 Å². The predicted octanol–water partition coefficient (Wildman–Crippen LogP) is 6.10. The van der Waals surface area contributed by atoms with Crippen LogP contribution < -0.4 is 10.6 Å². The van der Waals surface area contributed by atoms with Crippen molar-refractivity contribution < 1.29 is 14.3 Å². The zero-order chi connectivity index (χ0) is 26.1. The number of hydrogen-bond acceptors (Lipinski definition) is 7. The van der Waals surface area contributed by atoms with Crippen molar-refractivity contribution in [2.75, 3.05) is 37.8 Å². The molecule has 7 nitrogen and oxygen atoms in total. The second-order valence-corrected chi connectivity index (χ2v) is 9.90. The third kappa shape index (κ3) is 5.50. The molecule has 9 heteroatoms. The van der Waals surface area contributed by atoms with Crippen LogP contribution in [0.1, 0.15) is 23.2 Å². The number of rotatable bonds is 9. The van der Waals surface area contributed by atoms with Gasteiger partial charge >= 0.3 is 0 Å². The Kier molecular flexibility index (Phi) is 6.95. The lowest BCUT2D eigenvalue weighted by Crippen LogP contribution is -2.21. The Morgan fingerprint density at radius 2 is 1.92 bits per heavy atom. The summed E-state index contributed by atoms with van der Waals surface area (Å²) >= 11 is 6.02. The van der Waals surface area contributed by atoms with E-state index < -0.39 is 11.6 Å². The number of nitrogens with zero attached hydrogens (tertiary/aromatic N) is 3. The van der Waals surface area contributed by atoms with E-state index in [0.29, 0.717) is 33.3 Å². The lowest BCUT2D eigenvalue weighted by atomic mass is 9.98.